The number of sulfonamides is 1. The number of benzene rings is 1. The maximum absolute atomic E-state index is 12.3. The number of carbonyl (C=O) groups excluding carboxylic acids is 1. The number of thiophene rings is 1. The van der Waals surface area contributed by atoms with E-state index in [4.69, 9.17) is 4.74 Å². The molecule has 0 spiro atoms. The molecule has 0 aliphatic carbocycles. The van der Waals surface area contributed by atoms with Gasteiger partial charge in [-0.25, -0.2) is 8.42 Å². The zero-order chi connectivity index (χ0) is 17.3. The smallest absolute Gasteiger partial charge is 0.261 e. The number of carbonyl (C=O) groups is 1. The minimum Gasteiger partial charge on any atom is -0.497 e. The van der Waals surface area contributed by atoms with E-state index in [0.29, 0.717) is 30.1 Å². The zero-order valence-electron chi connectivity index (χ0n) is 13.4. The van der Waals surface area contributed by atoms with E-state index in [1.165, 1.54) is 21.9 Å². The topological polar surface area (TPSA) is 75.7 Å². The van der Waals surface area contributed by atoms with E-state index < -0.39 is 10.0 Å². The molecule has 0 atom stereocenters. The van der Waals surface area contributed by atoms with Crippen LogP contribution in [0.2, 0.25) is 0 Å². The third-order valence-corrected chi connectivity index (χ3v) is 6.17. The summed E-state index contributed by atoms with van der Waals surface area (Å²) in [6, 6.07) is 9.14. The van der Waals surface area contributed by atoms with Gasteiger partial charge in [-0.3, -0.25) is 9.10 Å². The second-order valence-electron chi connectivity index (χ2n) is 5.54. The van der Waals surface area contributed by atoms with Crippen molar-refractivity contribution in [1.29, 1.82) is 0 Å². The number of nitrogens with zero attached hydrogens (tertiary/aromatic N) is 1. The number of fused-ring (bicyclic) bond motifs is 1. The minimum atomic E-state index is -3.30. The molecule has 1 aromatic heterocycles. The largest absolute Gasteiger partial charge is 0.497 e. The molecule has 2 heterocycles. The highest BCUT2D eigenvalue weighted by atomic mass is 32.2. The van der Waals surface area contributed by atoms with Crippen LogP contribution >= 0.6 is 11.3 Å². The fourth-order valence-corrected chi connectivity index (χ4v) is 4.71. The molecule has 1 aliphatic heterocycles. The quantitative estimate of drug-likeness (QED) is 0.878. The van der Waals surface area contributed by atoms with Crippen molar-refractivity contribution in [2.24, 2.45) is 0 Å². The first-order chi connectivity index (χ1) is 11.4. The van der Waals surface area contributed by atoms with Gasteiger partial charge in [0.1, 0.15) is 5.75 Å². The van der Waals surface area contributed by atoms with Crippen LogP contribution in [0.15, 0.2) is 30.3 Å². The summed E-state index contributed by atoms with van der Waals surface area (Å²) in [6.45, 7) is 0.833. The Morgan fingerprint density at radius 1 is 1.38 bits per heavy atom. The summed E-state index contributed by atoms with van der Waals surface area (Å²) in [5.74, 6) is 0.534. The van der Waals surface area contributed by atoms with E-state index in [1.807, 2.05) is 24.3 Å². The normalized spacial score (nSPS) is 13.7. The van der Waals surface area contributed by atoms with Crippen LogP contribution in [0, 0.1) is 0 Å². The van der Waals surface area contributed by atoms with Gasteiger partial charge in [-0.15, -0.1) is 11.3 Å². The van der Waals surface area contributed by atoms with Gasteiger partial charge in [-0.1, -0.05) is 12.1 Å². The number of methoxy groups -OCH3 is 1. The second kappa shape index (κ2) is 6.45. The maximum Gasteiger partial charge on any atom is 0.261 e. The average molecular weight is 366 g/mol. The van der Waals surface area contributed by atoms with Crippen LogP contribution in [-0.2, 0) is 23.0 Å². The monoisotopic (exact) mass is 366 g/mol. The van der Waals surface area contributed by atoms with E-state index in [-0.39, 0.29) is 5.91 Å². The summed E-state index contributed by atoms with van der Waals surface area (Å²) in [5.41, 5.74) is 1.57. The molecular formula is C16H18N2O4S2. The van der Waals surface area contributed by atoms with Gasteiger partial charge in [-0.2, -0.15) is 0 Å². The lowest BCUT2D eigenvalue weighted by molar-refractivity contribution is 0.0955. The third kappa shape index (κ3) is 3.39. The Kier molecular flexibility index (Phi) is 4.51. The van der Waals surface area contributed by atoms with Crippen molar-refractivity contribution in [2.75, 3.05) is 24.2 Å². The number of nitrogens with one attached hydrogen (secondary N) is 1. The SMILES string of the molecule is COc1cccc(CNC(=O)c2cc3c(s2)CCN3S(C)(=O)=O)c1. The Morgan fingerprint density at radius 2 is 2.17 bits per heavy atom. The average Bonchev–Trinajstić information content (AvgIpc) is 3.12. The third-order valence-electron chi connectivity index (χ3n) is 3.81. The van der Waals surface area contributed by atoms with Crippen molar-refractivity contribution in [3.63, 3.8) is 0 Å². The molecule has 8 heteroatoms. The predicted octanol–water partition coefficient (Wildman–Crippen LogP) is 2.01. The summed E-state index contributed by atoms with van der Waals surface area (Å²) in [4.78, 5) is 13.8. The second-order valence-corrected chi connectivity index (χ2v) is 8.58. The van der Waals surface area contributed by atoms with Crippen LogP contribution in [0.5, 0.6) is 5.75 Å². The van der Waals surface area contributed by atoms with Crippen LogP contribution in [0.3, 0.4) is 0 Å². The predicted molar refractivity (Wildman–Crippen MR) is 94.4 cm³/mol. The van der Waals surface area contributed by atoms with E-state index in [9.17, 15) is 13.2 Å². The molecule has 0 saturated heterocycles. The van der Waals surface area contributed by atoms with Gasteiger partial charge < -0.3 is 10.1 Å². The summed E-state index contributed by atoms with van der Waals surface area (Å²) in [5, 5.41) is 2.86. The highest BCUT2D eigenvalue weighted by Gasteiger charge is 2.29. The molecule has 1 aliphatic rings. The van der Waals surface area contributed by atoms with Gasteiger partial charge in [0.2, 0.25) is 10.0 Å². The first kappa shape index (κ1) is 16.8. The van der Waals surface area contributed by atoms with E-state index in [0.717, 1.165) is 16.2 Å². The standard InChI is InChI=1S/C16H18N2O4S2/c1-22-12-5-3-4-11(8-12)10-17-16(19)15-9-13-14(23-15)6-7-18(13)24(2,20)21/h3-5,8-9H,6-7,10H2,1-2H3,(H,17,19). The highest BCUT2D eigenvalue weighted by Crippen LogP contribution is 2.37. The Morgan fingerprint density at radius 3 is 2.88 bits per heavy atom. The summed E-state index contributed by atoms with van der Waals surface area (Å²) in [7, 11) is -1.70. The molecule has 0 fully saturated rings. The van der Waals surface area contributed by atoms with Gasteiger partial charge in [0.25, 0.3) is 5.91 Å². The van der Waals surface area contributed by atoms with Gasteiger partial charge in [0, 0.05) is 24.4 Å². The molecule has 6 nitrogen and oxygen atoms in total. The van der Waals surface area contributed by atoms with Crippen LogP contribution in [0.1, 0.15) is 20.1 Å². The van der Waals surface area contributed by atoms with Crippen LogP contribution < -0.4 is 14.4 Å². The molecule has 2 aromatic rings. The molecule has 24 heavy (non-hydrogen) atoms. The summed E-state index contributed by atoms with van der Waals surface area (Å²) < 4.78 is 30.0. The fraction of sp³-hybridized carbons (Fsp3) is 0.312. The Balaban J connectivity index is 1.71. The lowest BCUT2D eigenvalue weighted by Gasteiger charge is -2.14. The van der Waals surface area contributed by atoms with Crippen LogP contribution in [0.25, 0.3) is 0 Å². The Bertz CT molecular complexity index is 874. The highest BCUT2D eigenvalue weighted by molar-refractivity contribution is 7.92. The number of rotatable bonds is 5. The molecule has 1 N–H and O–H groups in total. The van der Waals surface area contributed by atoms with E-state index >= 15 is 0 Å². The van der Waals surface area contributed by atoms with Crippen LogP contribution in [0.4, 0.5) is 5.69 Å². The fourth-order valence-electron chi connectivity index (χ4n) is 2.64. The van der Waals surface area contributed by atoms with Gasteiger partial charge in [-0.05, 0) is 23.8 Å². The lowest BCUT2D eigenvalue weighted by Crippen LogP contribution is -2.27. The van der Waals surface area contributed by atoms with Gasteiger partial charge in [0.05, 0.1) is 23.9 Å². The lowest BCUT2D eigenvalue weighted by atomic mass is 10.2. The van der Waals surface area contributed by atoms with Crippen LogP contribution in [-0.4, -0.2) is 34.2 Å². The molecule has 1 amide bonds. The molecule has 0 unspecified atom stereocenters. The van der Waals surface area contributed by atoms with Gasteiger partial charge >= 0.3 is 0 Å². The number of ether oxygens (including phenoxy) is 1. The van der Waals surface area contributed by atoms with Crippen molar-refractivity contribution in [2.45, 2.75) is 13.0 Å². The van der Waals surface area contributed by atoms with Crippen molar-refractivity contribution in [3.8, 4) is 5.75 Å². The maximum atomic E-state index is 12.3. The molecule has 0 saturated carbocycles. The number of anilines is 1. The van der Waals surface area contributed by atoms with E-state index in [2.05, 4.69) is 5.32 Å². The first-order valence-electron chi connectivity index (χ1n) is 7.40. The number of amides is 1. The Labute approximate surface area is 145 Å². The Hall–Kier alpha value is -2.06. The first-order valence-corrected chi connectivity index (χ1v) is 10.1. The molecule has 3 rings (SSSR count). The summed E-state index contributed by atoms with van der Waals surface area (Å²) in [6.07, 6.45) is 1.83. The zero-order valence-corrected chi connectivity index (χ0v) is 15.0. The molecule has 0 radical (unpaired) electrons. The molecule has 0 bridgehead atoms. The van der Waals surface area contributed by atoms with Crippen molar-refractivity contribution < 1.29 is 17.9 Å². The van der Waals surface area contributed by atoms with Crippen molar-refractivity contribution in [3.05, 3.63) is 45.6 Å². The molecule has 128 valence electrons. The molecular weight excluding hydrogens is 348 g/mol. The van der Waals surface area contributed by atoms with Gasteiger partial charge in [0.15, 0.2) is 0 Å². The van der Waals surface area contributed by atoms with Crippen molar-refractivity contribution in [1.82, 2.24) is 5.32 Å². The van der Waals surface area contributed by atoms with Crippen molar-refractivity contribution >= 4 is 33.0 Å². The summed E-state index contributed by atoms with van der Waals surface area (Å²) >= 11 is 1.35. The minimum absolute atomic E-state index is 0.203. The number of hydrogen-bond acceptors (Lipinski definition) is 5. The molecule has 1 aromatic carbocycles. The van der Waals surface area contributed by atoms with E-state index in [1.54, 1.807) is 13.2 Å². The number of hydrogen-bond donors (Lipinski definition) is 1.